The van der Waals surface area contributed by atoms with Gasteiger partial charge in [-0.2, -0.15) is 8.78 Å². The molecule has 0 atom stereocenters. The summed E-state index contributed by atoms with van der Waals surface area (Å²) in [5.41, 5.74) is -0.000741. The molecule has 1 aromatic carbocycles. The third kappa shape index (κ3) is 3.02. The van der Waals surface area contributed by atoms with E-state index in [4.69, 9.17) is 0 Å². The second kappa shape index (κ2) is 4.88. The fourth-order valence-electron chi connectivity index (χ4n) is 1.06. The molecule has 0 radical (unpaired) electrons. The lowest BCUT2D eigenvalue weighted by atomic mass is 10.3. The summed E-state index contributed by atoms with van der Waals surface area (Å²) in [5.74, 6) is -1.10. The molecule has 0 bridgehead atoms. The van der Waals surface area contributed by atoms with Crippen molar-refractivity contribution in [2.75, 3.05) is 11.6 Å². The van der Waals surface area contributed by atoms with Crippen LogP contribution >= 0.6 is 0 Å². The summed E-state index contributed by atoms with van der Waals surface area (Å²) in [7, 11) is 0. The average Bonchev–Trinajstić information content (AvgIpc) is 2.16. The number of anilines is 1. The molecule has 0 aliphatic rings. The minimum Gasteiger partial charge on any atom is -0.432 e. The van der Waals surface area contributed by atoms with Crippen LogP contribution in [0.5, 0.6) is 5.75 Å². The van der Waals surface area contributed by atoms with Gasteiger partial charge in [-0.1, -0.05) is 0 Å². The number of halogens is 3. The molecule has 6 heteroatoms. The van der Waals surface area contributed by atoms with E-state index >= 15 is 0 Å². The van der Waals surface area contributed by atoms with Crippen LogP contribution in [0.4, 0.5) is 18.9 Å². The zero-order chi connectivity index (χ0) is 11.4. The van der Waals surface area contributed by atoms with Crippen LogP contribution in [0.3, 0.4) is 0 Å². The summed E-state index contributed by atoms with van der Waals surface area (Å²) in [4.78, 5) is 0. The van der Waals surface area contributed by atoms with Crippen LogP contribution in [-0.2, 0) is 0 Å². The van der Waals surface area contributed by atoms with E-state index in [9.17, 15) is 18.4 Å². The van der Waals surface area contributed by atoms with Gasteiger partial charge in [0.15, 0.2) is 5.75 Å². The molecule has 1 N–H and O–H groups in total. The van der Waals surface area contributed by atoms with Crippen LogP contribution in [0.25, 0.3) is 0 Å². The first-order valence-corrected chi connectivity index (χ1v) is 4.25. The van der Waals surface area contributed by atoms with E-state index in [2.05, 4.69) is 4.74 Å². The zero-order valence-electron chi connectivity index (χ0n) is 7.95. The summed E-state index contributed by atoms with van der Waals surface area (Å²) >= 11 is 0. The third-order valence-electron chi connectivity index (χ3n) is 1.72. The van der Waals surface area contributed by atoms with Gasteiger partial charge in [0.1, 0.15) is 11.5 Å². The van der Waals surface area contributed by atoms with Crippen molar-refractivity contribution < 1.29 is 23.1 Å². The molecule has 0 aliphatic heterocycles. The van der Waals surface area contributed by atoms with Gasteiger partial charge < -0.3 is 4.74 Å². The molecule has 0 heterocycles. The quantitative estimate of drug-likeness (QED) is 0.793. The van der Waals surface area contributed by atoms with Crippen LogP contribution in [0.2, 0.25) is 0 Å². The molecule has 15 heavy (non-hydrogen) atoms. The first-order chi connectivity index (χ1) is 7.04. The lowest BCUT2D eigenvalue weighted by Crippen LogP contribution is -2.18. The first kappa shape index (κ1) is 11.6. The maximum atomic E-state index is 12.7. The summed E-state index contributed by atoms with van der Waals surface area (Å²) < 4.78 is 40.7. The Kier molecular flexibility index (Phi) is 3.79. The van der Waals surface area contributed by atoms with Gasteiger partial charge in [-0.15, -0.1) is 0 Å². The molecule has 0 amide bonds. The van der Waals surface area contributed by atoms with Gasteiger partial charge in [-0.3, -0.25) is 10.3 Å². The van der Waals surface area contributed by atoms with Crippen LogP contribution < -0.4 is 9.80 Å². The lowest BCUT2D eigenvalue weighted by Gasteiger charge is -2.18. The second-order valence-electron chi connectivity index (χ2n) is 2.71. The van der Waals surface area contributed by atoms with Gasteiger partial charge in [-0.05, 0) is 19.1 Å². The Morgan fingerprint density at radius 2 is 2.13 bits per heavy atom. The Balaban J connectivity index is 3.02. The predicted octanol–water partition coefficient (Wildman–Crippen LogP) is 2.64. The van der Waals surface area contributed by atoms with E-state index in [1.54, 1.807) is 6.92 Å². The van der Waals surface area contributed by atoms with Crippen LogP contribution in [0, 0.1) is 5.82 Å². The highest BCUT2D eigenvalue weighted by Crippen LogP contribution is 2.29. The second-order valence-corrected chi connectivity index (χ2v) is 2.71. The molecule has 1 rings (SSSR count). The molecular weight excluding hydrogens is 211 g/mol. The largest absolute Gasteiger partial charge is 0.432 e. The molecule has 0 spiro atoms. The Labute approximate surface area is 84.6 Å². The average molecular weight is 221 g/mol. The Morgan fingerprint density at radius 1 is 1.47 bits per heavy atom. The number of hydroxylamine groups is 1. The van der Waals surface area contributed by atoms with Crippen molar-refractivity contribution >= 4 is 5.69 Å². The molecule has 1 aromatic rings. The van der Waals surface area contributed by atoms with Gasteiger partial charge in [0.2, 0.25) is 0 Å². The maximum Gasteiger partial charge on any atom is 0.387 e. The summed E-state index contributed by atoms with van der Waals surface area (Å²) in [5, 5.41) is 9.99. The monoisotopic (exact) mass is 221 g/mol. The molecule has 0 saturated heterocycles. The molecule has 0 aliphatic carbocycles. The number of benzene rings is 1. The Hall–Kier alpha value is -1.43. The maximum absolute atomic E-state index is 12.7. The van der Waals surface area contributed by atoms with Crippen LogP contribution in [0.1, 0.15) is 6.92 Å². The summed E-state index contributed by atoms with van der Waals surface area (Å²) in [6, 6.07) is 3.00. The number of hydrogen-bond donors (Lipinski definition) is 1. The number of ether oxygens (including phenoxy) is 1. The van der Waals surface area contributed by atoms with E-state index in [0.717, 1.165) is 18.2 Å². The van der Waals surface area contributed by atoms with Crippen molar-refractivity contribution in [3.05, 3.63) is 24.0 Å². The van der Waals surface area contributed by atoms with Gasteiger partial charge in [0, 0.05) is 12.6 Å². The first-order valence-electron chi connectivity index (χ1n) is 4.25. The van der Waals surface area contributed by atoms with Crippen molar-refractivity contribution in [2.45, 2.75) is 13.5 Å². The smallest absolute Gasteiger partial charge is 0.387 e. The molecule has 3 nitrogen and oxygen atoms in total. The lowest BCUT2D eigenvalue weighted by molar-refractivity contribution is -0.0500. The van der Waals surface area contributed by atoms with E-state index in [1.807, 2.05) is 0 Å². The van der Waals surface area contributed by atoms with Crippen molar-refractivity contribution in [1.29, 1.82) is 0 Å². The van der Waals surface area contributed by atoms with E-state index in [1.165, 1.54) is 0 Å². The normalized spacial score (nSPS) is 10.5. The van der Waals surface area contributed by atoms with Crippen LogP contribution in [-0.4, -0.2) is 18.4 Å². The SMILES string of the molecule is CCN(O)c1ccc(F)cc1OC(F)F. The van der Waals surface area contributed by atoms with E-state index in [0.29, 0.717) is 5.06 Å². The van der Waals surface area contributed by atoms with Gasteiger partial charge in [0.25, 0.3) is 0 Å². The Morgan fingerprint density at radius 3 is 2.67 bits per heavy atom. The van der Waals surface area contributed by atoms with Gasteiger partial charge in [-0.25, -0.2) is 4.39 Å². The fraction of sp³-hybridized carbons (Fsp3) is 0.333. The van der Waals surface area contributed by atoms with Crippen LogP contribution in [0.15, 0.2) is 18.2 Å². The van der Waals surface area contributed by atoms with Gasteiger partial charge >= 0.3 is 6.61 Å². The third-order valence-corrected chi connectivity index (χ3v) is 1.72. The van der Waals surface area contributed by atoms with Gasteiger partial charge in [0.05, 0.1) is 0 Å². The Bertz CT molecular complexity index is 333. The molecule has 0 aromatic heterocycles. The highest BCUT2D eigenvalue weighted by Gasteiger charge is 2.14. The zero-order valence-corrected chi connectivity index (χ0v) is 7.95. The number of rotatable bonds is 4. The topological polar surface area (TPSA) is 32.7 Å². The number of nitrogens with zero attached hydrogens (tertiary/aromatic N) is 1. The molecular formula is C9H10F3NO2. The standard InChI is InChI=1S/C9H10F3NO2/c1-2-13(14)7-4-3-6(10)5-8(7)15-9(11)12/h3-5,9,14H,2H2,1H3. The van der Waals surface area contributed by atoms with E-state index < -0.39 is 18.2 Å². The predicted molar refractivity (Wildman–Crippen MR) is 47.8 cm³/mol. The number of hydrogen-bond acceptors (Lipinski definition) is 3. The molecule has 0 fully saturated rings. The minimum atomic E-state index is -3.06. The molecule has 0 unspecified atom stereocenters. The number of alkyl halides is 2. The fourth-order valence-corrected chi connectivity index (χ4v) is 1.06. The van der Waals surface area contributed by atoms with Crippen molar-refractivity contribution in [1.82, 2.24) is 0 Å². The van der Waals surface area contributed by atoms with E-state index in [-0.39, 0.29) is 12.2 Å². The molecule has 0 saturated carbocycles. The van der Waals surface area contributed by atoms with Crippen molar-refractivity contribution in [3.63, 3.8) is 0 Å². The van der Waals surface area contributed by atoms with Crippen molar-refractivity contribution in [3.8, 4) is 5.75 Å². The van der Waals surface area contributed by atoms with Crippen molar-refractivity contribution in [2.24, 2.45) is 0 Å². The summed E-state index contributed by atoms with van der Waals surface area (Å²) in [6.45, 7) is -1.28. The highest BCUT2D eigenvalue weighted by molar-refractivity contribution is 5.56. The molecule has 84 valence electrons. The highest BCUT2D eigenvalue weighted by atomic mass is 19.3. The summed E-state index contributed by atoms with van der Waals surface area (Å²) in [6.07, 6.45) is 0. The minimum absolute atomic E-state index is 0.000741.